The molecule has 0 saturated heterocycles. The highest BCUT2D eigenvalue weighted by molar-refractivity contribution is 5.33. The van der Waals surface area contributed by atoms with Crippen molar-refractivity contribution in [1.82, 2.24) is 15.1 Å². The summed E-state index contributed by atoms with van der Waals surface area (Å²) in [5, 5.41) is 17.6. The lowest BCUT2D eigenvalue weighted by Crippen LogP contribution is -2.41. The Morgan fingerprint density at radius 2 is 2.00 bits per heavy atom. The van der Waals surface area contributed by atoms with E-state index in [1.54, 1.807) is 6.20 Å². The van der Waals surface area contributed by atoms with E-state index in [2.05, 4.69) is 34.7 Å². The fraction of sp³-hybridized carbons (Fsp3) is 0.438. The van der Waals surface area contributed by atoms with Crippen LogP contribution >= 0.6 is 0 Å². The molecule has 2 aromatic rings. The standard InChI is InChI=1S/C16H21N3O/c20-16-5-2-1-4-15(16)17-12-13-6-8-14(9-7-13)19-11-3-10-18-19/h3,6-11,15-17,20H,1-2,4-5,12H2/t15-,16+/m1/s1. The zero-order valence-electron chi connectivity index (χ0n) is 11.6. The molecule has 2 atom stereocenters. The second-order valence-electron chi connectivity index (χ2n) is 5.46. The average Bonchev–Trinajstić information content (AvgIpc) is 3.01. The van der Waals surface area contributed by atoms with Crippen LogP contribution in [-0.2, 0) is 6.54 Å². The summed E-state index contributed by atoms with van der Waals surface area (Å²) in [5.41, 5.74) is 2.30. The SMILES string of the molecule is O[C@H]1CCCC[C@H]1NCc1ccc(-n2cccn2)cc1. The van der Waals surface area contributed by atoms with Crippen molar-refractivity contribution >= 4 is 0 Å². The van der Waals surface area contributed by atoms with E-state index in [1.807, 2.05) is 16.9 Å². The van der Waals surface area contributed by atoms with Crippen molar-refractivity contribution in [3.8, 4) is 5.69 Å². The van der Waals surface area contributed by atoms with Crippen LogP contribution < -0.4 is 5.32 Å². The minimum absolute atomic E-state index is 0.188. The lowest BCUT2D eigenvalue weighted by molar-refractivity contribution is 0.0902. The van der Waals surface area contributed by atoms with Crippen LogP contribution in [0.3, 0.4) is 0 Å². The van der Waals surface area contributed by atoms with E-state index in [4.69, 9.17) is 0 Å². The van der Waals surface area contributed by atoms with Gasteiger partial charge in [-0.25, -0.2) is 4.68 Å². The number of aliphatic hydroxyl groups is 1. The lowest BCUT2D eigenvalue weighted by atomic mass is 9.92. The topological polar surface area (TPSA) is 50.1 Å². The van der Waals surface area contributed by atoms with Crippen LogP contribution in [0.4, 0.5) is 0 Å². The fourth-order valence-corrected chi connectivity index (χ4v) is 2.79. The molecule has 4 heteroatoms. The van der Waals surface area contributed by atoms with Crippen molar-refractivity contribution in [1.29, 1.82) is 0 Å². The number of nitrogens with zero attached hydrogens (tertiary/aromatic N) is 2. The van der Waals surface area contributed by atoms with Gasteiger partial charge in [0.2, 0.25) is 0 Å². The summed E-state index contributed by atoms with van der Waals surface area (Å²) < 4.78 is 1.85. The predicted octanol–water partition coefficient (Wildman–Crippen LogP) is 2.27. The number of rotatable bonds is 4. The molecule has 106 valence electrons. The van der Waals surface area contributed by atoms with Crippen molar-refractivity contribution in [2.24, 2.45) is 0 Å². The summed E-state index contributed by atoms with van der Waals surface area (Å²) >= 11 is 0. The molecule has 1 aromatic carbocycles. The van der Waals surface area contributed by atoms with Gasteiger partial charge in [0, 0.05) is 25.0 Å². The Bertz CT molecular complexity index is 521. The van der Waals surface area contributed by atoms with Gasteiger partial charge in [0.05, 0.1) is 11.8 Å². The van der Waals surface area contributed by atoms with Crippen LogP contribution in [0, 0.1) is 0 Å². The highest BCUT2D eigenvalue weighted by Crippen LogP contribution is 2.19. The molecule has 3 rings (SSSR count). The fourth-order valence-electron chi connectivity index (χ4n) is 2.79. The van der Waals surface area contributed by atoms with E-state index >= 15 is 0 Å². The Morgan fingerprint density at radius 3 is 2.70 bits per heavy atom. The molecule has 1 aliphatic carbocycles. The molecule has 0 amide bonds. The maximum atomic E-state index is 9.94. The van der Waals surface area contributed by atoms with E-state index in [-0.39, 0.29) is 12.1 Å². The van der Waals surface area contributed by atoms with Crippen molar-refractivity contribution in [2.75, 3.05) is 0 Å². The highest BCUT2D eigenvalue weighted by Gasteiger charge is 2.21. The van der Waals surface area contributed by atoms with Crippen LogP contribution in [0.5, 0.6) is 0 Å². The van der Waals surface area contributed by atoms with Gasteiger partial charge in [-0.1, -0.05) is 25.0 Å². The van der Waals surface area contributed by atoms with Crippen LogP contribution in [0.25, 0.3) is 5.69 Å². The summed E-state index contributed by atoms with van der Waals surface area (Å²) in [4.78, 5) is 0. The predicted molar refractivity (Wildman–Crippen MR) is 78.7 cm³/mol. The van der Waals surface area contributed by atoms with Gasteiger partial charge in [-0.2, -0.15) is 5.10 Å². The van der Waals surface area contributed by atoms with E-state index < -0.39 is 0 Å². The molecular formula is C16H21N3O. The van der Waals surface area contributed by atoms with Crippen LogP contribution in [0.2, 0.25) is 0 Å². The van der Waals surface area contributed by atoms with Crippen LogP contribution in [0.15, 0.2) is 42.7 Å². The smallest absolute Gasteiger partial charge is 0.0693 e. The zero-order chi connectivity index (χ0) is 13.8. The van der Waals surface area contributed by atoms with Gasteiger partial charge in [0.15, 0.2) is 0 Å². The van der Waals surface area contributed by atoms with Gasteiger partial charge in [-0.15, -0.1) is 0 Å². The molecule has 1 fully saturated rings. The monoisotopic (exact) mass is 271 g/mol. The van der Waals surface area contributed by atoms with Gasteiger partial charge < -0.3 is 10.4 Å². The van der Waals surface area contributed by atoms with E-state index in [9.17, 15) is 5.11 Å². The van der Waals surface area contributed by atoms with Crippen molar-refractivity contribution in [3.63, 3.8) is 0 Å². The summed E-state index contributed by atoms with van der Waals surface area (Å²) in [6, 6.07) is 10.5. The van der Waals surface area contributed by atoms with Gasteiger partial charge >= 0.3 is 0 Å². The molecule has 4 nitrogen and oxygen atoms in total. The first-order chi connectivity index (χ1) is 9.83. The van der Waals surface area contributed by atoms with E-state index in [1.165, 1.54) is 12.0 Å². The minimum Gasteiger partial charge on any atom is -0.392 e. The number of aromatic nitrogens is 2. The summed E-state index contributed by atoms with van der Waals surface area (Å²) in [6.07, 6.45) is 7.89. The molecule has 0 radical (unpaired) electrons. The normalized spacial score (nSPS) is 22.9. The Labute approximate surface area is 119 Å². The van der Waals surface area contributed by atoms with Crippen molar-refractivity contribution < 1.29 is 5.11 Å². The van der Waals surface area contributed by atoms with E-state index in [0.717, 1.165) is 31.5 Å². The first kappa shape index (κ1) is 13.3. The summed E-state index contributed by atoms with van der Waals surface area (Å²) in [5.74, 6) is 0. The molecule has 1 aromatic heterocycles. The van der Waals surface area contributed by atoms with Crippen LogP contribution in [-0.4, -0.2) is 27.0 Å². The van der Waals surface area contributed by atoms with E-state index in [0.29, 0.717) is 0 Å². The molecule has 0 spiro atoms. The Balaban J connectivity index is 1.58. The van der Waals surface area contributed by atoms with Gasteiger partial charge in [0.25, 0.3) is 0 Å². The molecule has 1 heterocycles. The molecule has 20 heavy (non-hydrogen) atoms. The number of benzene rings is 1. The number of hydrogen-bond acceptors (Lipinski definition) is 3. The summed E-state index contributed by atoms with van der Waals surface area (Å²) in [7, 11) is 0. The Morgan fingerprint density at radius 1 is 1.20 bits per heavy atom. The molecule has 1 aliphatic rings. The lowest BCUT2D eigenvalue weighted by Gasteiger charge is -2.28. The van der Waals surface area contributed by atoms with Gasteiger partial charge in [-0.3, -0.25) is 0 Å². The van der Waals surface area contributed by atoms with Gasteiger partial charge in [-0.05, 0) is 36.6 Å². The number of nitrogens with one attached hydrogen (secondary N) is 1. The highest BCUT2D eigenvalue weighted by atomic mass is 16.3. The largest absolute Gasteiger partial charge is 0.392 e. The first-order valence-electron chi connectivity index (χ1n) is 7.33. The second-order valence-corrected chi connectivity index (χ2v) is 5.46. The third-order valence-electron chi connectivity index (χ3n) is 4.00. The maximum absolute atomic E-state index is 9.94. The average molecular weight is 271 g/mol. The molecule has 2 N–H and O–H groups in total. The minimum atomic E-state index is -0.188. The van der Waals surface area contributed by atoms with Gasteiger partial charge in [0.1, 0.15) is 0 Å². The first-order valence-corrected chi connectivity index (χ1v) is 7.33. The van der Waals surface area contributed by atoms with Crippen LogP contribution in [0.1, 0.15) is 31.2 Å². The molecule has 0 unspecified atom stereocenters. The number of hydrogen-bond donors (Lipinski definition) is 2. The maximum Gasteiger partial charge on any atom is 0.0693 e. The molecule has 0 aliphatic heterocycles. The third-order valence-corrected chi connectivity index (χ3v) is 4.00. The molecular weight excluding hydrogens is 250 g/mol. The number of aliphatic hydroxyl groups excluding tert-OH is 1. The third kappa shape index (κ3) is 3.08. The summed E-state index contributed by atoms with van der Waals surface area (Å²) in [6.45, 7) is 0.807. The second kappa shape index (κ2) is 6.20. The van der Waals surface area contributed by atoms with Crippen molar-refractivity contribution in [2.45, 2.75) is 44.4 Å². The molecule has 0 bridgehead atoms. The Hall–Kier alpha value is -1.65. The quantitative estimate of drug-likeness (QED) is 0.897. The molecule has 1 saturated carbocycles. The van der Waals surface area contributed by atoms with Crippen molar-refractivity contribution in [3.05, 3.63) is 48.3 Å². The zero-order valence-corrected chi connectivity index (χ0v) is 11.6. The Kier molecular flexibility index (Phi) is 4.14.